The van der Waals surface area contributed by atoms with Gasteiger partial charge in [-0.3, -0.25) is 0 Å². The lowest BCUT2D eigenvalue weighted by Gasteiger charge is -2.44. The maximum Gasteiger partial charge on any atom is 0.0795 e. The van der Waals surface area contributed by atoms with Crippen molar-refractivity contribution >= 4 is 5.71 Å². The largest absolute Gasteiger partial charge is 0.411 e. The number of fused-ring (bicyclic) bond motifs is 3. The molecule has 1 N–H and O–H groups in total. The van der Waals surface area contributed by atoms with Crippen LogP contribution in [0.15, 0.2) is 29.5 Å². The minimum absolute atomic E-state index is 0.387. The van der Waals surface area contributed by atoms with Crippen molar-refractivity contribution in [1.29, 1.82) is 0 Å². The molecule has 1 fully saturated rings. The highest BCUT2D eigenvalue weighted by atomic mass is 16.5. The lowest BCUT2D eigenvalue weighted by atomic mass is 9.68. The highest BCUT2D eigenvalue weighted by molar-refractivity contribution is 5.95. The van der Waals surface area contributed by atoms with Gasteiger partial charge in [0.25, 0.3) is 0 Å². The lowest BCUT2D eigenvalue weighted by molar-refractivity contribution is -0.0786. The molecule has 1 saturated heterocycles. The van der Waals surface area contributed by atoms with Gasteiger partial charge in [-0.05, 0) is 37.2 Å². The maximum atomic E-state index is 8.87. The number of hydrogen-bond acceptors (Lipinski definition) is 3. The first-order valence-corrected chi connectivity index (χ1v) is 6.04. The molecule has 0 saturated carbocycles. The molecule has 4 atom stereocenters. The van der Waals surface area contributed by atoms with Crippen molar-refractivity contribution in [3.05, 3.63) is 24.3 Å². The van der Waals surface area contributed by atoms with Gasteiger partial charge in [-0.25, -0.2) is 0 Å². The summed E-state index contributed by atoms with van der Waals surface area (Å²) in [5.41, 5.74) is 0.816. The van der Waals surface area contributed by atoms with E-state index in [4.69, 9.17) is 9.94 Å². The molecule has 0 amide bonds. The maximum absolute atomic E-state index is 8.87. The van der Waals surface area contributed by atoms with Crippen molar-refractivity contribution in [2.75, 3.05) is 6.61 Å². The van der Waals surface area contributed by atoms with E-state index in [1.807, 2.05) is 6.08 Å². The van der Waals surface area contributed by atoms with Gasteiger partial charge >= 0.3 is 0 Å². The molecule has 16 heavy (non-hydrogen) atoms. The van der Waals surface area contributed by atoms with Gasteiger partial charge < -0.3 is 9.94 Å². The van der Waals surface area contributed by atoms with Crippen molar-refractivity contribution in [2.24, 2.45) is 22.9 Å². The molecular formula is C13H17NO2. The molecule has 4 unspecified atom stereocenters. The average molecular weight is 219 g/mol. The van der Waals surface area contributed by atoms with Crippen LogP contribution in [0.1, 0.15) is 19.3 Å². The van der Waals surface area contributed by atoms with E-state index in [1.54, 1.807) is 0 Å². The molecular weight excluding hydrogens is 202 g/mol. The highest BCUT2D eigenvalue weighted by Crippen LogP contribution is 2.42. The summed E-state index contributed by atoms with van der Waals surface area (Å²) in [5.74, 6) is 1.71. The first-order chi connectivity index (χ1) is 7.88. The van der Waals surface area contributed by atoms with E-state index in [2.05, 4.69) is 23.4 Å². The van der Waals surface area contributed by atoms with Crippen LogP contribution < -0.4 is 0 Å². The predicted octanol–water partition coefficient (Wildman–Crippen LogP) is 2.37. The molecule has 0 aromatic heterocycles. The van der Waals surface area contributed by atoms with Crippen LogP contribution in [0.3, 0.4) is 0 Å². The number of nitrogens with zero attached hydrogens (tertiary/aromatic N) is 1. The lowest BCUT2D eigenvalue weighted by Crippen LogP contribution is -2.44. The van der Waals surface area contributed by atoms with Gasteiger partial charge in [-0.1, -0.05) is 23.4 Å². The molecule has 0 spiro atoms. The highest BCUT2D eigenvalue weighted by Gasteiger charge is 2.40. The smallest absolute Gasteiger partial charge is 0.0795 e. The van der Waals surface area contributed by atoms with Crippen molar-refractivity contribution in [1.82, 2.24) is 0 Å². The topological polar surface area (TPSA) is 41.8 Å². The standard InChI is InChI=1S/C13H17NO2/c15-14-10-6-5-9-8-16-13-4-2-1-3-11(13)12(9)7-10/h1-2,5-6,9,11-13,15H,3-4,7-8H2. The average Bonchev–Trinajstić information content (AvgIpc) is 2.38. The number of oxime groups is 1. The second-order valence-electron chi connectivity index (χ2n) is 4.96. The van der Waals surface area contributed by atoms with Gasteiger partial charge in [0.05, 0.1) is 18.4 Å². The van der Waals surface area contributed by atoms with Crippen LogP contribution in [0.2, 0.25) is 0 Å². The molecule has 1 aliphatic heterocycles. The Morgan fingerprint density at radius 1 is 1.25 bits per heavy atom. The monoisotopic (exact) mass is 219 g/mol. The first kappa shape index (κ1) is 10.1. The van der Waals surface area contributed by atoms with Gasteiger partial charge in [-0.15, -0.1) is 0 Å². The summed E-state index contributed by atoms with van der Waals surface area (Å²) in [4.78, 5) is 0. The Labute approximate surface area is 95.5 Å². The van der Waals surface area contributed by atoms with Crippen molar-refractivity contribution in [2.45, 2.75) is 25.4 Å². The molecule has 1 heterocycles. The SMILES string of the molecule is ON=C1C=CC2COC3CC=CCC3C2C1. The molecule has 3 aliphatic rings. The summed E-state index contributed by atoms with van der Waals surface area (Å²) >= 11 is 0. The van der Waals surface area contributed by atoms with Gasteiger partial charge in [0.2, 0.25) is 0 Å². The molecule has 86 valence electrons. The Hall–Kier alpha value is -1.09. The minimum atomic E-state index is 0.387. The molecule has 2 aliphatic carbocycles. The van der Waals surface area contributed by atoms with Crippen LogP contribution >= 0.6 is 0 Å². The van der Waals surface area contributed by atoms with Gasteiger partial charge in [0, 0.05) is 5.92 Å². The zero-order valence-corrected chi connectivity index (χ0v) is 9.25. The van der Waals surface area contributed by atoms with Crippen LogP contribution in [0.5, 0.6) is 0 Å². The summed E-state index contributed by atoms with van der Waals surface area (Å²) < 4.78 is 5.92. The van der Waals surface area contributed by atoms with Crippen molar-refractivity contribution in [3.8, 4) is 0 Å². The Kier molecular flexibility index (Phi) is 2.56. The quantitative estimate of drug-likeness (QED) is 0.386. The van der Waals surface area contributed by atoms with E-state index in [9.17, 15) is 0 Å². The van der Waals surface area contributed by atoms with Crippen molar-refractivity contribution < 1.29 is 9.94 Å². The molecule has 0 bridgehead atoms. The van der Waals surface area contributed by atoms with E-state index in [-0.39, 0.29) is 0 Å². The third kappa shape index (κ3) is 1.59. The van der Waals surface area contributed by atoms with Gasteiger partial charge in [0.15, 0.2) is 0 Å². The number of rotatable bonds is 0. The van der Waals surface area contributed by atoms with E-state index in [1.165, 1.54) is 0 Å². The Morgan fingerprint density at radius 2 is 2.12 bits per heavy atom. The van der Waals surface area contributed by atoms with Crippen LogP contribution in [-0.2, 0) is 4.74 Å². The van der Waals surface area contributed by atoms with E-state index < -0.39 is 0 Å². The van der Waals surface area contributed by atoms with Crippen LogP contribution in [0, 0.1) is 17.8 Å². The molecule has 0 aromatic rings. The number of hydrogen-bond donors (Lipinski definition) is 1. The Bertz CT molecular complexity index is 359. The van der Waals surface area contributed by atoms with Gasteiger partial charge in [0.1, 0.15) is 0 Å². The Morgan fingerprint density at radius 3 is 3.00 bits per heavy atom. The molecule has 3 nitrogen and oxygen atoms in total. The van der Waals surface area contributed by atoms with Crippen LogP contribution in [0.25, 0.3) is 0 Å². The molecule has 0 aromatic carbocycles. The van der Waals surface area contributed by atoms with E-state index in [0.717, 1.165) is 31.6 Å². The molecule has 3 rings (SSSR count). The minimum Gasteiger partial charge on any atom is -0.411 e. The fraction of sp³-hybridized carbons (Fsp3) is 0.615. The van der Waals surface area contributed by atoms with Crippen LogP contribution in [-0.4, -0.2) is 23.6 Å². The number of allylic oxidation sites excluding steroid dienone is 2. The summed E-state index contributed by atoms with van der Waals surface area (Å²) in [6.45, 7) is 0.828. The van der Waals surface area contributed by atoms with E-state index >= 15 is 0 Å². The fourth-order valence-electron chi connectivity index (χ4n) is 3.25. The Balaban J connectivity index is 1.85. The zero-order chi connectivity index (χ0) is 11.0. The zero-order valence-electron chi connectivity index (χ0n) is 9.25. The number of ether oxygens (including phenoxy) is 1. The second kappa shape index (κ2) is 4.06. The third-order valence-corrected chi connectivity index (χ3v) is 4.13. The summed E-state index contributed by atoms with van der Waals surface area (Å²) in [6, 6.07) is 0. The van der Waals surface area contributed by atoms with E-state index in [0.29, 0.717) is 23.9 Å². The van der Waals surface area contributed by atoms with Gasteiger partial charge in [-0.2, -0.15) is 0 Å². The third-order valence-electron chi connectivity index (χ3n) is 4.13. The summed E-state index contributed by atoms with van der Waals surface area (Å²) in [5, 5.41) is 12.2. The summed E-state index contributed by atoms with van der Waals surface area (Å²) in [6.07, 6.45) is 12.0. The predicted molar refractivity (Wildman–Crippen MR) is 61.6 cm³/mol. The molecule has 0 radical (unpaired) electrons. The van der Waals surface area contributed by atoms with Crippen molar-refractivity contribution in [3.63, 3.8) is 0 Å². The first-order valence-electron chi connectivity index (χ1n) is 6.04. The summed E-state index contributed by atoms with van der Waals surface area (Å²) in [7, 11) is 0. The normalized spacial score (nSPS) is 44.1. The fourth-order valence-corrected chi connectivity index (χ4v) is 3.25. The van der Waals surface area contributed by atoms with Crippen LogP contribution in [0.4, 0.5) is 0 Å². The molecule has 3 heteroatoms. The second-order valence-corrected chi connectivity index (χ2v) is 4.96.